The van der Waals surface area contributed by atoms with E-state index in [1.807, 2.05) is 18.7 Å². The summed E-state index contributed by atoms with van der Waals surface area (Å²) in [5, 5.41) is 0. The van der Waals surface area contributed by atoms with Gasteiger partial charge in [0.25, 0.3) is 0 Å². The van der Waals surface area contributed by atoms with Gasteiger partial charge in [0.15, 0.2) is 0 Å². The first-order chi connectivity index (χ1) is 15.5. The summed E-state index contributed by atoms with van der Waals surface area (Å²) >= 11 is 0. The number of fused-ring (bicyclic) bond motifs is 1. The molecule has 0 bridgehead atoms. The summed E-state index contributed by atoms with van der Waals surface area (Å²) in [6, 6.07) is 7.22. The summed E-state index contributed by atoms with van der Waals surface area (Å²) in [4.78, 5) is 25.4. The highest BCUT2D eigenvalue weighted by atomic mass is 16.6. The molecule has 1 aromatic heterocycles. The van der Waals surface area contributed by atoms with E-state index in [4.69, 9.17) is 10.5 Å². The van der Waals surface area contributed by atoms with E-state index in [1.54, 1.807) is 12.4 Å². The molecule has 7 nitrogen and oxygen atoms in total. The number of aromatic nitrogens is 2. The zero-order valence-corrected chi connectivity index (χ0v) is 19.1. The van der Waals surface area contributed by atoms with Gasteiger partial charge in [-0.1, -0.05) is 19.1 Å². The van der Waals surface area contributed by atoms with Crippen LogP contribution in [0.1, 0.15) is 56.7 Å². The molecule has 2 atom stereocenters. The number of ether oxygens (including phenoxy) is 1. The van der Waals surface area contributed by atoms with Crippen molar-refractivity contribution in [3.63, 3.8) is 0 Å². The molecule has 1 spiro atoms. The highest BCUT2D eigenvalue weighted by Crippen LogP contribution is 2.48. The van der Waals surface area contributed by atoms with Crippen molar-refractivity contribution in [2.75, 3.05) is 31.9 Å². The molecule has 2 aliphatic heterocycles. The van der Waals surface area contributed by atoms with Crippen molar-refractivity contribution in [2.45, 2.75) is 58.1 Å². The highest BCUT2D eigenvalue weighted by molar-refractivity contribution is 5.68. The van der Waals surface area contributed by atoms with Crippen LogP contribution in [-0.2, 0) is 11.2 Å². The fourth-order valence-corrected chi connectivity index (χ4v) is 5.47. The first-order valence-corrected chi connectivity index (χ1v) is 11.9. The topological polar surface area (TPSA) is 84.6 Å². The minimum absolute atomic E-state index is 0.00685. The second kappa shape index (κ2) is 8.35. The Hall–Kier alpha value is -2.67. The van der Waals surface area contributed by atoms with Crippen LogP contribution >= 0.6 is 0 Å². The normalized spacial score (nSPS) is 22.9. The predicted molar refractivity (Wildman–Crippen MR) is 124 cm³/mol. The zero-order chi connectivity index (χ0) is 22.3. The minimum Gasteiger partial charge on any atom is -0.446 e. The number of hydrogen-bond donors (Lipinski definition) is 1. The standard InChI is InChI=1S/C25H33N5O2/c1-3-17(2)32-24(31)29-10-8-25(9-11-29)15-30(16-25)22-7-5-18-12-19(4-6-20(18)22)21-13-28-23(26)14-27-21/h4,6,12-14,17,22H,3,5,7-11,15-16H2,1-2H3,(H2,26,28)/t17?,22-/m1/s1. The SMILES string of the molecule is CCC(C)OC(=O)N1CCC2(CC1)CN([C@@H]1CCc3cc(-c4cnc(N)cn4)ccc31)C2. The van der Waals surface area contributed by atoms with Crippen molar-refractivity contribution in [1.82, 2.24) is 19.8 Å². The van der Waals surface area contributed by atoms with E-state index in [0.717, 1.165) is 63.1 Å². The number of rotatable bonds is 4. The first-order valence-electron chi connectivity index (χ1n) is 11.9. The number of piperidine rings is 1. The van der Waals surface area contributed by atoms with Gasteiger partial charge in [-0.3, -0.25) is 9.88 Å². The number of nitrogen functional groups attached to an aromatic ring is 1. The van der Waals surface area contributed by atoms with E-state index >= 15 is 0 Å². The summed E-state index contributed by atoms with van der Waals surface area (Å²) in [5.41, 5.74) is 10.9. The molecule has 2 fully saturated rings. The molecule has 0 saturated carbocycles. The molecule has 1 aliphatic carbocycles. The molecule has 3 heterocycles. The molecule has 3 aliphatic rings. The maximum absolute atomic E-state index is 12.3. The average Bonchev–Trinajstić information content (AvgIpc) is 3.20. The molecular formula is C25H33N5O2. The summed E-state index contributed by atoms with van der Waals surface area (Å²) in [7, 11) is 0. The molecule has 32 heavy (non-hydrogen) atoms. The lowest BCUT2D eigenvalue weighted by Crippen LogP contribution is -2.61. The van der Waals surface area contributed by atoms with E-state index in [-0.39, 0.29) is 12.2 Å². The van der Waals surface area contributed by atoms with Crippen LogP contribution < -0.4 is 5.73 Å². The van der Waals surface area contributed by atoms with Crippen LogP contribution in [0.2, 0.25) is 0 Å². The van der Waals surface area contributed by atoms with Gasteiger partial charge in [0.2, 0.25) is 0 Å². The number of amides is 1. The number of carbonyl (C=O) groups is 1. The Morgan fingerprint density at radius 1 is 1.25 bits per heavy atom. The second-order valence-electron chi connectivity index (χ2n) is 9.79. The van der Waals surface area contributed by atoms with Gasteiger partial charge in [0.1, 0.15) is 11.9 Å². The quantitative estimate of drug-likeness (QED) is 0.780. The van der Waals surface area contributed by atoms with Crippen LogP contribution in [0.25, 0.3) is 11.3 Å². The van der Waals surface area contributed by atoms with Gasteiger partial charge in [-0.05, 0) is 61.6 Å². The third-order valence-electron chi connectivity index (χ3n) is 7.63. The maximum atomic E-state index is 12.3. The third-order valence-corrected chi connectivity index (χ3v) is 7.63. The predicted octanol–water partition coefficient (Wildman–Crippen LogP) is 4.05. The molecule has 5 rings (SSSR count). The number of aryl methyl sites for hydroxylation is 1. The number of hydrogen-bond acceptors (Lipinski definition) is 6. The Balaban J connectivity index is 1.18. The van der Waals surface area contributed by atoms with E-state index in [9.17, 15) is 4.79 Å². The Bertz CT molecular complexity index is 976. The minimum atomic E-state index is -0.142. The van der Waals surface area contributed by atoms with Crippen molar-refractivity contribution in [1.29, 1.82) is 0 Å². The summed E-state index contributed by atoms with van der Waals surface area (Å²) in [6.07, 6.45) is 8.50. The second-order valence-corrected chi connectivity index (χ2v) is 9.79. The number of likely N-dealkylation sites (tertiary alicyclic amines) is 2. The number of nitrogens with two attached hydrogens (primary N) is 1. The first kappa shape index (κ1) is 21.2. The monoisotopic (exact) mass is 435 g/mol. The molecule has 1 amide bonds. The van der Waals surface area contributed by atoms with Crippen molar-refractivity contribution >= 4 is 11.9 Å². The van der Waals surface area contributed by atoms with Crippen molar-refractivity contribution < 1.29 is 9.53 Å². The van der Waals surface area contributed by atoms with Gasteiger partial charge in [0.05, 0.1) is 18.1 Å². The van der Waals surface area contributed by atoms with E-state index in [0.29, 0.717) is 17.3 Å². The Morgan fingerprint density at radius 3 is 2.72 bits per heavy atom. The fraction of sp³-hybridized carbons (Fsp3) is 0.560. The fourth-order valence-electron chi connectivity index (χ4n) is 5.47. The smallest absolute Gasteiger partial charge is 0.410 e. The lowest BCUT2D eigenvalue weighted by Gasteiger charge is -2.56. The van der Waals surface area contributed by atoms with Crippen LogP contribution in [0.15, 0.2) is 30.6 Å². The Kier molecular flexibility index (Phi) is 5.53. The maximum Gasteiger partial charge on any atom is 0.410 e. The van der Waals surface area contributed by atoms with Crippen LogP contribution in [0.3, 0.4) is 0 Å². The Labute approximate surface area is 190 Å². The van der Waals surface area contributed by atoms with Crippen LogP contribution in [0.5, 0.6) is 0 Å². The molecule has 1 aromatic carbocycles. The van der Waals surface area contributed by atoms with Gasteiger partial charge in [-0.15, -0.1) is 0 Å². The molecular weight excluding hydrogens is 402 g/mol. The summed E-state index contributed by atoms with van der Waals surface area (Å²) < 4.78 is 5.51. The third kappa shape index (κ3) is 3.94. The lowest BCUT2D eigenvalue weighted by atomic mass is 9.71. The van der Waals surface area contributed by atoms with Crippen LogP contribution in [0, 0.1) is 5.41 Å². The number of anilines is 1. The van der Waals surface area contributed by atoms with Gasteiger partial charge >= 0.3 is 6.09 Å². The number of nitrogens with zero attached hydrogens (tertiary/aromatic N) is 4. The van der Waals surface area contributed by atoms with Crippen molar-refractivity contribution in [3.05, 3.63) is 41.7 Å². The van der Waals surface area contributed by atoms with Crippen LogP contribution in [0.4, 0.5) is 10.6 Å². The molecule has 170 valence electrons. The molecule has 2 aromatic rings. The average molecular weight is 436 g/mol. The van der Waals surface area contributed by atoms with Crippen LogP contribution in [-0.4, -0.2) is 58.1 Å². The largest absolute Gasteiger partial charge is 0.446 e. The van der Waals surface area contributed by atoms with Gasteiger partial charge in [-0.2, -0.15) is 0 Å². The van der Waals surface area contributed by atoms with Crippen molar-refractivity contribution in [2.24, 2.45) is 5.41 Å². The van der Waals surface area contributed by atoms with Gasteiger partial charge in [-0.25, -0.2) is 9.78 Å². The summed E-state index contributed by atoms with van der Waals surface area (Å²) in [5.74, 6) is 0.444. The molecule has 1 unspecified atom stereocenters. The van der Waals surface area contributed by atoms with E-state index in [1.165, 1.54) is 17.5 Å². The van der Waals surface area contributed by atoms with Crippen molar-refractivity contribution in [3.8, 4) is 11.3 Å². The van der Waals surface area contributed by atoms with Gasteiger partial charge < -0.3 is 15.4 Å². The lowest BCUT2D eigenvalue weighted by molar-refractivity contribution is -0.0691. The highest BCUT2D eigenvalue weighted by Gasteiger charge is 2.48. The molecule has 7 heteroatoms. The molecule has 0 radical (unpaired) electrons. The zero-order valence-electron chi connectivity index (χ0n) is 19.1. The van der Waals surface area contributed by atoms with Gasteiger partial charge in [0, 0.05) is 37.8 Å². The Morgan fingerprint density at radius 2 is 2.03 bits per heavy atom. The molecule has 2 N–H and O–H groups in total. The number of benzene rings is 1. The van der Waals surface area contributed by atoms with E-state index < -0.39 is 0 Å². The summed E-state index contributed by atoms with van der Waals surface area (Å²) in [6.45, 7) is 7.90. The number of carbonyl (C=O) groups excluding carboxylic acids is 1. The molecule has 2 saturated heterocycles. The van der Waals surface area contributed by atoms with E-state index in [2.05, 4.69) is 33.1 Å².